The summed E-state index contributed by atoms with van der Waals surface area (Å²) in [5.41, 5.74) is 0.582. The normalized spacial score (nSPS) is 16.5. The van der Waals surface area contributed by atoms with Crippen LogP contribution in [0.2, 0.25) is 5.02 Å². The van der Waals surface area contributed by atoms with Gasteiger partial charge in [0.2, 0.25) is 0 Å². The van der Waals surface area contributed by atoms with Crippen LogP contribution in [0.25, 0.3) is 10.2 Å². The number of nitrogens with zero attached hydrogens (tertiary/aromatic N) is 2. The Labute approximate surface area is 170 Å². The Kier molecular flexibility index (Phi) is 5.48. The molecule has 8 heteroatoms. The first-order chi connectivity index (χ1) is 13.6. The first-order valence-corrected chi connectivity index (χ1v) is 10.1. The van der Waals surface area contributed by atoms with Gasteiger partial charge < -0.3 is 9.47 Å². The zero-order valence-electron chi connectivity index (χ0n) is 15.2. The molecule has 0 bridgehead atoms. The predicted molar refractivity (Wildman–Crippen MR) is 108 cm³/mol. The van der Waals surface area contributed by atoms with Crippen molar-refractivity contribution >= 4 is 44.2 Å². The van der Waals surface area contributed by atoms with Crippen LogP contribution in [0, 0.1) is 5.82 Å². The van der Waals surface area contributed by atoms with E-state index in [4.69, 9.17) is 21.1 Å². The molecule has 0 radical (unpaired) electrons. The molecule has 1 saturated heterocycles. The van der Waals surface area contributed by atoms with E-state index in [0.29, 0.717) is 39.3 Å². The number of hydrogen-bond acceptors (Lipinski definition) is 5. The highest BCUT2D eigenvalue weighted by Crippen LogP contribution is 2.33. The molecule has 0 N–H and O–H groups in total. The number of carbonyl (C=O) groups excluding carboxylic acids is 1. The van der Waals surface area contributed by atoms with Gasteiger partial charge >= 0.3 is 0 Å². The lowest BCUT2D eigenvalue weighted by Gasteiger charge is -2.24. The summed E-state index contributed by atoms with van der Waals surface area (Å²) in [5, 5.41) is 0.846. The summed E-state index contributed by atoms with van der Waals surface area (Å²) >= 11 is 7.38. The molecule has 0 spiro atoms. The number of para-hydroxylation sites is 1. The molecule has 2 aromatic carbocycles. The maximum absolute atomic E-state index is 14.1. The van der Waals surface area contributed by atoms with Gasteiger partial charge in [-0.3, -0.25) is 9.69 Å². The molecule has 0 unspecified atom stereocenters. The summed E-state index contributed by atoms with van der Waals surface area (Å²) < 4.78 is 25.9. The molecule has 0 aliphatic carbocycles. The first kappa shape index (κ1) is 19.1. The lowest BCUT2D eigenvalue weighted by molar-refractivity contribution is 0.0915. The molecule has 0 saturated carbocycles. The van der Waals surface area contributed by atoms with Crippen molar-refractivity contribution in [3.63, 3.8) is 0 Å². The number of halogens is 2. The Morgan fingerprint density at radius 2 is 2.29 bits per heavy atom. The molecule has 1 amide bonds. The maximum Gasteiger partial charge on any atom is 0.263 e. The topological polar surface area (TPSA) is 51.7 Å². The molecule has 5 nitrogen and oxygen atoms in total. The number of amides is 1. The smallest absolute Gasteiger partial charge is 0.263 e. The second kappa shape index (κ2) is 8.03. The molecular weight excluding hydrogens is 403 g/mol. The molecule has 1 aliphatic heterocycles. The van der Waals surface area contributed by atoms with Crippen molar-refractivity contribution < 1.29 is 18.7 Å². The molecule has 3 aromatic rings. The molecule has 1 aliphatic rings. The van der Waals surface area contributed by atoms with Gasteiger partial charge in [-0.1, -0.05) is 29.0 Å². The van der Waals surface area contributed by atoms with Crippen molar-refractivity contribution in [2.24, 2.45) is 0 Å². The van der Waals surface area contributed by atoms with Crippen molar-refractivity contribution in [1.29, 1.82) is 0 Å². The molecule has 146 valence electrons. The summed E-state index contributed by atoms with van der Waals surface area (Å²) in [6.07, 6.45) is 1.71. The van der Waals surface area contributed by atoms with Crippen LogP contribution in [0.1, 0.15) is 23.2 Å². The van der Waals surface area contributed by atoms with Crippen molar-refractivity contribution in [2.45, 2.75) is 18.9 Å². The third-order valence-corrected chi connectivity index (χ3v) is 5.92. The molecule has 4 rings (SSSR count). The SMILES string of the molecule is COc1ccc(Cl)cc1C(=O)N(C[C@@H]1CCCO1)c1nc2c(F)cccc2s1. The number of ether oxygens (including phenoxy) is 2. The van der Waals surface area contributed by atoms with E-state index in [-0.39, 0.29) is 17.5 Å². The number of anilines is 1. The van der Waals surface area contributed by atoms with Gasteiger partial charge in [0.15, 0.2) is 5.13 Å². The van der Waals surface area contributed by atoms with Gasteiger partial charge in [-0.05, 0) is 43.2 Å². The summed E-state index contributed by atoms with van der Waals surface area (Å²) in [7, 11) is 1.50. The van der Waals surface area contributed by atoms with E-state index in [2.05, 4.69) is 4.98 Å². The van der Waals surface area contributed by atoms with Crippen LogP contribution in [0.15, 0.2) is 36.4 Å². The number of benzene rings is 2. The van der Waals surface area contributed by atoms with Crippen LogP contribution in [0.3, 0.4) is 0 Å². The predicted octanol–water partition coefficient (Wildman–Crippen LogP) is 4.92. The number of methoxy groups -OCH3 is 1. The highest BCUT2D eigenvalue weighted by molar-refractivity contribution is 7.22. The number of aromatic nitrogens is 1. The Bertz CT molecular complexity index is 1020. The van der Waals surface area contributed by atoms with Gasteiger partial charge in [0.1, 0.15) is 17.1 Å². The molecule has 28 heavy (non-hydrogen) atoms. The fraction of sp³-hybridized carbons (Fsp3) is 0.300. The van der Waals surface area contributed by atoms with Gasteiger partial charge in [-0.25, -0.2) is 9.37 Å². The third kappa shape index (κ3) is 3.70. The minimum atomic E-state index is -0.412. The van der Waals surface area contributed by atoms with Crippen LogP contribution in [0.5, 0.6) is 5.75 Å². The number of carbonyl (C=O) groups is 1. The Balaban J connectivity index is 1.77. The van der Waals surface area contributed by atoms with Crippen LogP contribution in [-0.2, 0) is 4.74 Å². The van der Waals surface area contributed by atoms with Gasteiger partial charge in [0.05, 0.1) is 30.0 Å². The van der Waals surface area contributed by atoms with E-state index in [9.17, 15) is 9.18 Å². The molecular formula is C20H18ClFN2O3S. The average molecular weight is 421 g/mol. The fourth-order valence-corrected chi connectivity index (χ4v) is 4.41. The molecule has 1 aromatic heterocycles. The van der Waals surface area contributed by atoms with Gasteiger partial charge in [0.25, 0.3) is 5.91 Å². The second-order valence-corrected chi connectivity index (χ2v) is 7.92. The average Bonchev–Trinajstić information content (AvgIpc) is 3.35. The minimum absolute atomic E-state index is 0.0917. The van der Waals surface area contributed by atoms with Crippen LogP contribution >= 0.6 is 22.9 Å². The highest BCUT2D eigenvalue weighted by Gasteiger charge is 2.29. The lowest BCUT2D eigenvalue weighted by Crippen LogP contribution is -2.37. The van der Waals surface area contributed by atoms with E-state index >= 15 is 0 Å². The minimum Gasteiger partial charge on any atom is -0.496 e. The Morgan fingerprint density at radius 1 is 1.43 bits per heavy atom. The van der Waals surface area contributed by atoms with E-state index in [1.165, 1.54) is 29.4 Å². The van der Waals surface area contributed by atoms with Crippen molar-refractivity contribution in [3.05, 3.63) is 52.8 Å². The molecule has 1 fully saturated rings. The summed E-state index contributed by atoms with van der Waals surface area (Å²) in [6, 6.07) is 9.66. The maximum atomic E-state index is 14.1. The van der Waals surface area contributed by atoms with Gasteiger partial charge in [0, 0.05) is 11.6 Å². The van der Waals surface area contributed by atoms with Crippen molar-refractivity contribution in [2.75, 3.05) is 25.2 Å². The highest BCUT2D eigenvalue weighted by atomic mass is 35.5. The summed E-state index contributed by atoms with van der Waals surface area (Å²) in [5.74, 6) is -0.307. The first-order valence-electron chi connectivity index (χ1n) is 8.89. The summed E-state index contributed by atoms with van der Waals surface area (Å²) in [4.78, 5) is 19.4. The van der Waals surface area contributed by atoms with Crippen LogP contribution in [-0.4, -0.2) is 37.3 Å². The largest absolute Gasteiger partial charge is 0.496 e. The number of hydrogen-bond donors (Lipinski definition) is 0. The lowest BCUT2D eigenvalue weighted by atomic mass is 10.1. The Hall–Kier alpha value is -2.22. The number of thiazole rings is 1. The quantitative estimate of drug-likeness (QED) is 0.587. The monoisotopic (exact) mass is 420 g/mol. The van der Waals surface area contributed by atoms with E-state index in [1.54, 1.807) is 30.3 Å². The van der Waals surface area contributed by atoms with Crippen molar-refractivity contribution in [3.8, 4) is 5.75 Å². The number of fused-ring (bicyclic) bond motifs is 1. The van der Waals surface area contributed by atoms with Crippen molar-refractivity contribution in [1.82, 2.24) is 4.98 Å². The third-order valence-electron chi connectivity index (χ3n) is 4.64. The Morgan fingerprint density at radius 3 is 3.00 bits per heavy atom. The van der Waals surface area contributed by atoms with Gasteiger partial charge in [-0.15, -0.1) is 0 Å². The molecule has 2 heterocycles. The zero-order chi connectivity index (χ0) is 19.7. The van der Waals surface area contributed by atoms with E-state index in [0.717, 1.165) is 12.8 Å². The van der Waals surface area contributed by atoms with Crippen LogP contribution in [0.4, 0.5) is 9.52 Å². The second-order valence-electron chi connectivity index (χ2n) is 6.48. The zero-order valence-corrected chi connectivity index (χ0v) is 16.7. The van der Waals surface area contributed by atoms with Gasteiger partial charge in [-0.2, -0.15) is 0 Å². The molecule has 1 atom stereocenters. The van der Waals surface area contributed by atoms with E-state index < -0.39 is 5.82 Å². The summed E-state index contributed by atoms with van der Waals surface area (Å²) in [6.45, 7) is 0.998. The fourth-order valence-electron chi connectivity index (χ4n) is 3.25. The van der Waals surface area contributed by atoms with Crippen LogP contribution < -0.4 is 9.64 Å². The van der Waals surface area contributed by atoms with E-state index in [1.807, 2.05) is 0 Å². The standard InChI is InChI=1S/C20H18ClFN2O3S/c1-26-16-8-7-12(21)10-14(16)19(25)24(11-13-4-3-9-27-13)20-23-18-15(22)5-2-6-17(18)28-20/h2,5-8,10,13H,3-4,9,11H2,1H3/t13-/m0/s1. The number of rotatable bonds is 5.